The summed E-state index contributed by atoms with van der Waals surface area (Å²) in [7, 11) is -2.89. The van der Waals surface area contributed by atoms with Crippen molar-refractivity contribution in [2.45, 2.75) is 11.3 Å². The molecule has 1 saturated heterocycles. The van der Waals surface area contributed by atoms with Gasteiger partial charge in [0.25, 0.3) is 16.4 Å². The summed E-state index contributed by atoms with van der Waals surface area (Å²) in [4.78, 5) is 1.81. The number of piperazine rings is 1. The molecule has 1 aliphatic heterocycles. The third-order valence-electron chi connectivity index (χ3n) is 4.98. The predicted molar refractivity (Wildman–Crippen MR) is 105 cm³/mol. The van der Waals surface area contributed by atoms with Crippen LogP contribution in [0.5, 0.6) is 5.75 Å². The van der Waals surface area contributed by atoms with E-state index in [9.17, 15) is 21.6 Å². The first-order valence-electron chi connectivity index (χ1n) is 9.18. The molecule has 0 spiro atoms. The van der Waals surface area contributed by atoms with E-state index in [2.05, 4.69) is 10.4 Å². The van der Waals surface area contributed by atoms with Crippen molar-refractivity contribution in [2.75, 3.05) is 38.2 Å². The van der Waals surface area contributed by atoms with Crippen LogP contribution in [0.3, 0.4) is 0 Å². The molecule has 7 nitrogen and oxygen atoms in total. The van der Waals surface area contributed by atoms with Crippen LogP contribution in [0.2, 0.25) is 0 Å². The van der Waals surface area contributed by atoms with Crippen molar-refractivity contribution in [1.29, 1.82) is 0 Å². The molecular weight excluding hydrogens is 421 g/mol. The molecule has 30 heavy (non-hydrogen) atoms. The molecule has 11 heteroatoms. The summed E-state index contributed by atoms with van der Waals surface area (Å²) >= 11 is 0. The van der Waals surface area contributed by atoms with E-state index < -0.39 is 28.0 Å². The van der Waals surface area contributed by atoms with E-state index >= 15 is 0 Å². The van der Waals surface area contributed by atoms with Crippen molar-refractivity contribution in [3.63, 3.8) is 0 Å². The van der Waals surface area contributed by atoms with Crippen LogP contribution in [0.4, 0.5) is 18.9 Å². The normalized spacial score (nSPS) is 15.2. The number of methoxy groups -OCH3 is 1. The third kappa shape index (κ3) is 3.47. The molecule has 0 saturated carbocycles. The van der Waals surface area contributed by atoms with Gasteiger partial charge in [-0.15, -0.1) is 0 Å². The lowest BCUT2D eigenvalue weighted by molar-refractivity contribution is 0.147. The Morgan fingerprint density at radius 1 is 1.13 bits per heavy atom. The van der Waals surface area contributed by atoms with E-state index in [0.717, 1.165) is 31.3 Å². The van der Waals surface area contributed by atoms with Crippen molar-refractivity contribution < 1.29 is 26.3 Å². The number of anilines is 1. The van der Waals surface area contributed by atoms with Gasteiger partial charge < -0.3 is 15.0 Å². The van der Waals surface area contributed by atoms with Gasteiger partial charge in [0, 0.05) is 37.6 Å². The summed E-state index contributed by atoms with van der Waals surface area (Å²) in [6.45, 7) is 2.73. The van der Waals surface area contributed by atoms with Gasteiger partial charge in [-0.05, 0) is 30.3 Å². The van der Waals surface area contributed by atoms with Gasteiger partial charge in [-0.2, -0.15) is 17.6 Å². The Morgan fingerprint density at radius 2 is 1.87 bits per heavy atom. The lowest BCUT2D eigenvalue weighted by Gasteiger charge is -2.30. The summed E-state index contributed by atoms with van der Waals surface area (Å²) in [5.41, 5.74) is -0.397. The van der Waals surface area contributed by atoms with Gasteiger partial charge in [0.05, 0.1) is 23.2 Å². The molecule has 1 aliphatic rings. The number of nitrogens with one attached hydrogen (secondary N) is 1. The van der Waals surface area contributed by atoms with Crippen LogP contribution >= 0.6 is 0 Å². The molecule has 0 aliphatic carbocycles. The van der Waals surface area contributed by atoms with Gasteiger partial charge in [-0.3, -0.25) is 0 Å². The first-order valence-corrected chi connectivity index (χ1v) is 10.6. The smallest absolute Gasteiger partial charge is 0.283 e. The second-order valence-electron chi connectivity index (χ2n) is 6.77. The summed E-state index contributed by atoms with van der Waals surface area (Å²) in [6.07, 6.45) is -3.01. The lowest BCUT2D eigenvalue weighted by atomic mass is 10.2. The number of ether oxygens (including phenoxy) is 1. The highest BCUT2D eigenvalue weighted by Gasteiger charge is 2.28. The molecule has 3 aromatic rings. The average molecular weight is 440 g/mol. The van der Waals surface area contributed by atoms with Gasteiger partial charge in [-0.1, -0.05) is 0 Å². The number of rotatable bonds is 5. The van der Waals surface area contributed by atoms with Crippen molar-refractivity contribution in [3.8, 4) is 5.75 Å². The van der Waals surface area contributed by atoms with Crippen molar-refractivity contribution >= 4 is 26.6 Å². The number of alkyl halides is 2. The molecule has 2 heterocycles. The van der Waals surface area contributed by atoms with E-state index in [-0.39, 0.29) is 15.8 Å². The minimum Gasteiger partial charge on any atom is -0.495 e. The number of benzene rings is 2. The zero-order valence-corrected chi connectivity index (χ0v) is 16.8. The molecule has 0 unspecified atom stereocenters. The number of hydrogen-bond donors (Lipinski definition) is 1. The molecule has 0 bridgehead atoms. The standard InChI is InChI=1S/C19H19F3N4O3S/c1-29-17-5-3-13(11-16(17)25-8-6-23-7-9-25)30(27,28)26-15-10-12(20)2-4-14(15)18(24-26)19(21)22/h2-5,10-11,19,23H,6-9H2,1H3. The lowest BCUT2D eigenvalue weighted by Crippen LogP contribution is -2.43. The molecule has 1 fully saturated rings. The Labute approximate surface area is 171 Å². The maximum atomic E-state index is 13.8. The molecule has 1 N–H and O–H groups in total. The van der Waals surface area contributed by atoms with E-state index in [4.69, 9.17) is 4.74 Å². The second kappa shape index (κ2) is 7.80. The molecule has 0 amide bonds. The van der Waals surface area contributed by atoms with Crippen LogP contribution in [0.15, 0.2) is 41.3 Å². The number of nitrogens with zero attached hydrogens (tertiary/aromatic N) is 3. The van der Waals surface area contributed by atoms with Crippen molar-refractivity contribution in [1.82, 2.24) is 14.5 Å². The fourth-order valence-corrected chi connectivity index (χ4v) is 4.82. The number of fused-ring (bicyclic) bond motifs is 1. The molecule has 0 atom stereocenters. The molecule has 1 aromatic heterocycles. The number of aromatic nitrogens is 2. The molecule has 4 rings (SSSR count). The molecular formula is C19H19F3N4O3S. The first-order chi connectivity index (χ1) is 14.3. The minimum absolute atomic E-state index is 0.120. The second-order valence-corrected chi connectivity index (χ2v) is 8.53. The molecule has 0 radical (unpaired) electrons. The molecule has 160 valence electrons. The van der Waals surface area contributed by atoms with Crippen molar-refractivity contribution in [3.05, 3.63) is 47.9 Å². The van der Waals surface area contributed by atoms with E-state index in [1.807, 2.05) is 4.90 Å². The quantitative estimate of drug-likeness (QED) is 0.658. The maximum Gasteiger partial charge on any atom is 0.283 e. The Bertz CT molecular complexity index is 1190. The highest BCUT2D eigenvalue weighted by Crippen LogP contribution is 2.34. The van der Waals surface area contributed by atoms with Crippen LogP contribution in [0.1, 0.15) is 12.1 Å². The largest absolute Gasteiger partial charge is 0.495 e. The van der Waals surface area contributed by atoms with Crippen LogP contribution in [-0.2, 0) is 10.0 Å². The highest BCUT2D eigenvalue weighted by molar-refractivity contribution is 7.90. The van der Waals surface area contributed by atoms with Gasteiger partial charge in [0.1, 0.15) is 17.3 Å². The van der Waals surface area contributed by atoms with Gasteiger partial charge in [0.2, 0.25) is 0 Å². The predicted octanol–water partition coefficient (Wildman–Crippen LogP) is 2.77. The van der Waals surface area contributed by atoms with Crippen LogP contribution < -0.4 is 15.0 Å². The Morgan fingerprint density at radius 3 is 2.53 bits per heavy atom. The fraction of sp³-hybridized carbons (Fsp3) is 0.316. The van der Waals surface area contributed by atoms with E-state index in [1.165, 1.54) is 25.3 Å². The van der Waals surface area contributed by atoms with Crippen molar-refractivity contribution in [2.24, 2.45) is 0 Å². The van der Waals surface area contributed by atoms with Crippen LogP contribution in [-0.4, -0.2) is 50.9 Å². The monoisotopic (exact) mass is 440 g/mol. The minimum atomic E-state index is -4.37. The van der Waals surface area contributed by atoms with Crippen LogP contribution in [0, 0.1) is 5.82 Å². The summed E-state index contributed by atoms with van der Waals surface area (Å²) in [5, 5.41) is 6.71. The summed E-state index contributed by atoms with van der Waals surface area (Å²) in [5.74, 6) is -0.267. The SMILES string of the molecule is COc1ccc(S(=O)(=O)n2nc(C(F)F)c3ccc(F)cc32)cc1N1CCNCC1. The Kier molecular flexibility index (Phi) is 5.33. The fourth-order valence-electron chi connectivity index (χ4n) is 3.51. The van der Waals surface area contributed by atoms with Gasteiger partial charge >= 0.3 is 0 Å². The first kappa shape index (κ1) is 20.5. The highest BCUT2D eigenvalue weighted by atomic mass is 32.2. The zero-order valence-electron chi connectivity index (χ0n) is 16.0. The number of halogens is 3. The van der Waals surface area contributed by atoms with Gasteiger partial charge in [0.15, 0.2) is 0 Å². The number of hydrogen-bond acceptors (Lipinski definition) is 6. The Balaban J connectivity index is 1.87. The van der Waals surface area contributed by atoms with E-state index in [1.54, 1.807) is 0 Å². The average Bonchev–Trinajstić information content (AvgIpc) is 3.13. The zero-order chi connectivity index (χ0) is 21.5. The Hall–Kier alpha value is -2.79. The summed E-state index contributed by atoms with van der Waals surface area (Å²) < 4.78 is 73.0. The van der Waals surface area contributed by atoms with Gasteiger partial charge in [-0.25, -0.2) is 13.2 Å². The topological polar surface area (TPSA) is 76.5 Å². The van der Waals surface area contributed by atoms with E-state index in [0.29, 0.717) is 28.6 Å². The maximum absolute atomic E-state index is 13.8. The molecule has 2 aromatic carbocycles. The third-order valence-corrected chi connectivity index (χ3v) is 6.56. The van der Waals surface area contributed by atoms with Crippen LogP contribution in [0.25, 0.3) is 10.9 Å². The summed E-state index contributed by atoms with van der Waals surface area (Å²) in [6, 6.07) is 7.22.